The minimum atomic E-state index is -0.272. The van der Waals surface area contributed by atoms with E-state index in [1.54, 1.807) is 0 Å². The van der Waals surface area contributed by atoms with Crippen molar-refractivity contribution in [1.82, 2.24) is 15.2 Å². The van der Waals surface area contributed by atoms with Gasteiger partial charge in [0.25, 0.3) is 0 Å². The molecule has 120 valence electrons. The highest BCUT2D eigenvalue weighted by molar-refractivity contribution is 5.90. The molecule has 1 N–H and O–H groups in total. The predicted molar refractivity (Wildman–Crippen MR) is 86.0 cm³/mol. The number of amidine groups is 1. The minimum Gasteiger partial charge on any atom is -0.361 e. The summed E-state index contributed by atoms with van der Waals surface area (Å²) >= 11 is 0. The van der Waals surface area contributed by atoms with Crippen LogP contribution in [0.1, 0.15) is 20.3 Å². The number of imide groups is 1. The minimum absolute atomic E-state index is 0.214. The summed E-state index contributed by atoms with van der Waals surface area (Å²) in [6.07, 6.45) is 7.34. The van der Waals surface area contributed by atoms with Crippen LogP contribution in [0.4, 0.5) is 0 Å². The largest absolute Gasteiger partial charge is 0.361 e. The fourth-order valence-electron chi connectivity index (χ4n) is 2.80. The van der Waals surface area contributed by atoms with Crippen molar-refractivity contribution in [3.63, 3.8) is 0 Å². The number of carbonyl (C=O) groups is 2. The molecule has 22 heavy (non-hydrogen) atoms. The molecular weight excluding hydrogens is 280 g/mol. The average molecular weight is 304 g/mol. The molecule has 0 radical (unpaired) electrons. The zero-order valence-electron chi connectivity index (χ0n) is 13.6. The number of likely N-dealkylation sites (N-methyl/N-ethyl adjacent to an activating group) is 1. The van der Waals surface area contributed by atoms with Crippen molar-refractivity contribution in [2.45, 2.75) is 26.3 Å². The second kappa shape index (κ2) is 6.77. The molecule has 2 amide bonds. The second-order valence-electron chi connectivity index (χ2n) is 6.09. The Morgan fingerprint density at radius 3 is 2.91 bits per heavy atom. The summed E-state index contributed by atoms with van der Waals surface area (Å²) in [5, 5.41) is 8.76. The fourth-order valence-corrected chi connectivity index (χ4v) is 2.80. The van der Waals surface area contributed by atoms with Gasteiger partial charge >= 0.3 is 0 Å². The average Bonchev–Trinajstić information content (AvgIpc) is 2.82. The number of hydrogen-bond donors (Lipinski definition) is 1. The first kappa shape index (κ1) is 16.3. The molecule has 0 bridgehead atoms. The van der Waals surface area contributed by atoms with Crippen LogP contribution in [-0.2, 0) is 9.59 Å². The van der Waals surface area contributed by atoms with Gasteiger partial charge in [0.1, 0.15) is 5.84 Å². The Balaban J connectivity index is 2.02. The van der Waals surface area contributed by atoms with Crippen molar-refractivity contribution in [3.8, 4) is 0 Å². The van der Waals surface area contributed by atoms with Crippen LogP contribution >= 0.6 is 0 Å². The summed E-state index contributed by atoms with van der Waals surface area (Å²) in [5.41, 5.74) is 1.33. The number of hydrazone groups is 1. The third-order valence-corrected chi connectivity index (χ3v) is 4.17. The lowest BCUT2D eigenvalue weighted by Gasteiger charge is -2.27. The van der Waals surface area contributed by atoms with E-state index < -0.39 is 0 Å². The van der Waals surface area contributed by atoms with E-state index in [-0.39, 0.29) is 24.3 Å². The number of fused-ring (bicyclic) bond motifs is 1. The predicted octanol–water partition coefficient (Wildman–Crippen LogP) is 0.977. The summed E-state index contributed by atoms with van der Waals surface area (Å²) < 4.78 is 0. The maximum atomic E-state index is 11.4. The van der Waals surface area contributed by atoms with Gasteiger partial charge in [0, 0.05) is 27.1 Å². The monoisotopic (exact) mass is 304 g/mol. The SMILES string of the molecule is CC(C)C1=CC2C(C=C1)C(N(C)CCC(=O)NC=O)=NN2C. The lowest BCUT2D eigenvalue weighted by atomic mass is 9.87. The normalized spacial score (nSPS) is 23.0. The van der Waals surface area contributed by atoms with Crippen LogP contribution in [0.25, 0.3) is 0 Å². The number of allylic oxidation sites excluding steroid dienone is 2. The molecule has 0 saturated heterocycles. The summed E-state index contributed by atoms with van der Waals surface area (Å²) in [5.74, 6) is 1.40. The van der Waals surface area contributed by atoms with Crippen molar-refractivity contribution in [2.24, 2.45) is 16.9 Å². The molecule has 1 heterocycles. The van der Waals surface area contributed by atoms with Gasteiger partial charge in [-0.1, -0.05) is 32.1 Å². The molecule has 1 aliphatic carbocycles. The fraction of sp³-hybridized carbons (Fsp3) is 0.562. The maximum Gasteiger partial charge on any atom is 0.228 e. The van der Waals surface area contributed by atoms with Crippen LogP contribution in [0.2, 0.25) is 0 Å². The Morgan fingerprint density at radius 1 is 1.55 bits per heavy atom. The number of rotatable bonds is 5. The Hall–Kier alpha value is -2.11. The number of hydrogen-bond acceptors (Lipinski definition) is 5. The van der Waals surface area contributed by atoms with Crippen LogP contribution in [0.3, 0.4) is 0 Å². The molecule has 2 atom stereocenters. The molecule has 2 rings (SSSR count). The van der Waals surface area contributed by atoms with Gasteiger partial charge in [-0.15, -0.1) is 0 Å². The molecular formula is C16H24N4O2. The van der Waals surface area contributed by atoms with E-state index in [1.165, 1.54) is 5.57 Å². The van der Waals surface area contributed by atoms with Crippen LogP contribution in [0, 0.1) is 11.8 Å². The molecule has 1 aliphatic heterocycles. The quantitative estimate of drug-likeness (QED) is 0.769. The lowest BCUT2D eigenvalue weighted by molar-refractivity contribution is -0.125. The zero-order chi connectivity index (χ0) is 16.3. The zero-order valence-corrected chi connectivity index (χ0v) is 13.6. The van der Waals surface area contributed by atoms with Crippen LogP contribution in [0.5, 0.6) is 0 Å². The van der Waals surface area contributed by atoms with Crippen molar-refractivity contribution < 1.29 is 9.59 Å². The standard InChI is InChI=1S/C16H24N4O2/c1-11(2)12-5-6-13-14(9-12)20(4)18-16(13)19(3)8-7-15(22)17-10-21/h5-6,9-11,13-14H,7-8H2,1-4H3,(H,17,21,22). The van der Waals surface area contributed by atoms with Crippen LogP contribution in [0.15, 0.2) is 28.9 Å². The Labute approximate surface area is 131 Å². The smallest absolute Gasteiger partial charge is 0.228 e. The first-order valence-corrected chi connectivity index (χ1v) is 7.59. The van der Waals surface area contributed by atoms with E-state index in [0.29, 0.717) is 18.9 Å². The van der Waals surface area contributed by atoms with Gasteiger partial charge in [-0.25, -0.2) is 0 Å². The van der Waals surface area contributed by atoms with Crippen LogP contribution < -0.4 is 5.32 Å². The molecule has 0 aromatic carbocycles. The van der Waals surface area contributed by atoms with Gasteiger partial charge in [0.05, 0.1) is 12.0 Å². The molecule has 2 unspecified atom stereocenters. The number of carbonyl (C=O) groups excluding carboxylic acids is 2. The molecule has 6 nitrogen and oxygen atoms in total. The van der Waals surface area contributed by atoms with Crippen molar-refractivity contribution in [1.29, 1.82) is 0 Å². The van der Waals surface area contributed by atoms with Gasteiger partial charge in [-0.3, -0.25) is 19.9 Å². The molecule has 2 aliphatic rings. The molecule has 6 heteroatoms. The first-order chi connectivity index (χ1) is 10.4. The third-order valence-electron chi connectivity index (χ3n) is 4.17. The van der Waals surface area contributed by atoms with E-state index in [1.807, 2.05) is 24.0 Å². The van der Waals surface area contributed by atoms with Gasteiger partial charge in [0.15, 0.2) is 0 Å². The molecule has 0 fully saturated rings. The number of nitrogens with one attached hydrogen (secondary N) is 1. The highest BCUT2D eigenvalue weighted by Gasteiger charge is 2.36. The highest BCUT2D eigenvalue weighted by Crippen LogP contribution is 2.31. The maximum absolute atomic E-state index is 11.4. The Kier molecular flexibility index (Phi) is 5.00. The first-order valence-electron chi connectivity index (χ1n) is 7.59. The van der Waals surface area contributed by atoms with E-state index in [4.69, 9.17) is 0 Å². The molecule has 0 aromatic rings. The summed E-state index contributed by atoms with van der Waals surface area (Å²) in [6, 6.07) is 0.239. The Bertz CT molecular complexity index is 536. The topological polar surface area (TPSA) is 65.0 Å². The number of nitrogens with zero attached hydrogens (tertiary/aromatic N) is 3. The molecule has 0 aromatic heterocycles. The second-order valence-corrected chi connectivity index (χ2v) is 6.09. The van der Waals surface area contributed by atoms with Gasteiger partial charge < -0.3 is 4.90 Å². The lowest BCUT2D eigenvalue weighted by Crippen LogP contribution is -2.38. The Morgan fingerprint density at radius 2 is 2.27 bits per heavy atom. The highest BCUT2D eigenvalue weighted by atomic mass is 16.2. The number of amides is 2. The molecule has 0 saturated carbocycles. The van der Waals surface area contributed by atoms with E-state index in [9.17, 15) is 9.59 Å². The van der Waals surface area contributed by atoms with Crippen molar-refractivity contribution >= 4 is 18.2 Å². The summed E-state index contributed by atoms with van der Waals surface area (Å²) in [6.45, 7) is 4.90. The van der Waals surface area contributed by atoms with Gasteiger partial charge in [-0.2, -0.15) is 5.10 Å². The van der Waals surface area contributed by atoms with Crippen LogP contribution in [-0.4, -0.2) is 54.7 Å². The summed E-state index contributed by atoms with van der Waals surface area (Å²) in [4.78, 5) is 23.6. The van der Waals surface area contributed by atoms with E-state index in [2.05, 4.69) is 42.5 Å². The molecule has 0 spiro atoms. The van der Waals surface area contributed by atoms with Gasteiger partial charge in [0.2, 0.25) is 12.3 Å². The van der Waals surface area contributed by atoms with E-state index >= 15 is 0 Å². The van der Waals surface area contributed by atoms with Crippen molar-refractivity contribution in [3.05, 3.63) is 23.8 Å². The summed E-state index contributed by atoms with van der Waals surface area (Å²) in [7, 11) is 3.91. The van der Waals surface area contributed by atoms with Crippen molar-refractivity contribution in [2.75, 3.05) is 20.6 Å². The van der Waals surface area contributed by atoms with Gasteiger partial charge in [-0.05, 0) is 11.5 Å². The third kappa shape index (κ3) is 3.37. The van der Waals surface area contributed by atoms with E-state index in [0.717, 1.165) is 5.84 Å².